The van der Waals surface area contributed by atoms with Crippen LogP contribution in [0.15, 0.2) is 10.9 Å². The van der Waals surface area contributed by atoms with Crippen molar-refractivity contribution < 1.29 is 0 Å². The van der Waals surface area contributed by atoms with Gasteiger partial charge in [0.05, 0.1) is 0 Å². The number of hydrogen-bond donors (Lipinski definition) is 0. The predicted octanol–water partition coefficient (Wildman–Crippen LogP) is 1.13. The first-order valence-electron chi connectivity index (χ1n) is 1.96. The van der Waals surface area contributed by atoms with Gasteiger partial charge < -0.3 is 0 Å². The summed E-state index contributed by atoms with van der Waals surface area (Å²) in [5, 5.41) is 2.01. The van der Waals surface area contributed by atoms with Crippen LogP contribution < -0.4 is 0 Å². The molecule has 0 fully saturated rings. The van der Waals surface area contributed by atoms with E-state index in [1.54, 1.807) is 11.8 Å². The summed E-state index contributed by atoms with van der Waals surface area (Å²) in [6, 6.07) is 0. The van der Waals surface area contributed by atoms with E-state index in [1.807, 2.05) is 5.41 Å². The van der Waals surface area contributed by atoms with Crippen molar-refractivity contribution in [3.05, 3.63) is 10.9 Å². The fraction of sp³-hybridized carbons (Fsp3) is 0.500. The molecule has 2 heteroatoms. The van der Waals surface area contributed by atoms with Crippen molar-refractivity contribution in [3.8, 4) is 0 Å². The Morgan fingerprint density at radius 2 is 2.67 bits per heavy atom. The molecule has 30 valence electrons. The number of allylic oxidation sites excluding steroid dienone is 1. The van der Waals surface area contributed by atoms with E-state index in [2.05, 4.69) is 0 Å². The molecule has 0 bridgehead atoms. The molecule has 0 aromatic rings. The fourth-order valence-corrected chi connectivity index (χ4v) is 1.20. The molecule has 0 aliphatic carbocycles. The van der Waals surface area contributed by atoms with Crippen molar-refractivity contribution in [2.45, 2.75) is 6.42 Å². The van der Waals surface area contributed by atoms with Crippen molar-refractivity contribution >= 4 is 19.6 Å². The van der Waals surface area contributed by atoms with E-state index in [-0.39, 0.29) is 0 Å². The Morgan fingerprint density at radius 1 is 1.83 bits per heavy atom. The van der Waals surface area contributed by atoms with Crippen molar-refractivity contribution in [2.24, 2.45) is 0 Å². The van der Waals surface area contributed by atoms with E-state index in [4.69, 9.17) is 7.85 Å². The summed E-state index contributed by atoms with van der Waals surface area (Å²) < 4.78 is 0. The van der Waals surface area contributed by atoms with Gasteiger partial charge in [-0.15, -0.1) is 17.2 Å². The van der Waals surface area contributed by atoms with Gasteiger partial charge in [0.15, 0.2) is 0 Å². The molecule has 0 atom stereocenters. The zero-order chi connectivity index (χ0) is 4.41. The predicted molar refractivity (Wildman–Crippen MR) is 30.9 cm³/mol. The third-order valence-corrected chi connectivity index (χ3v) is 1.65. The maximum atomic E-state index is 5.38. The Hall–Kier alpha value is 0.155. The van der Waals surface area contributed by atoms with Gasteiger partial charge in [-0.05, 0) is 11.8 Å². The summed E-state index contributed by atoms with van der Waals surface area (Å²) in [6.45, 7) is 0. The largest absolute Gasteiger partial charge is 0.135 e. The third-order valence-electron chi connectivity index (χ3n) is 0.743. The highest BCUT2D eigenvalue weighted by Gasteiger charge is 1.95. The average molecular weight is 96.0 g/mol. The van der Waals surface area contributed by atoms with Crippen molar-refractivity contribution in [1.82, 2.24) is 0 Å². The second kappa shape index (κ2) is 1.74. The second-order valence-electron chi connectivity index (χ2n) is 1.31. The Kier molecular flexibility index (Phi) is 1.25. The van der Waals surface area contributed by atoms with Gasteiger partial charge in [0.1, 0.15) is 7.85 Å². The highest BCUT2D eigenvalue weighted by atomic mass is 32.2. The topological polar surface area (TPSA) is 0 Å². The van der Waals surface area contributed by atoms with Gasteiger partial charge in [0, 0.05) is 5.75 Å². The number of thioether (sulfide) groups is 1. The lowest BCUT2D eigenvalue weighted by molar-refractivity contribution is 1.25. The zero-order valence-electron chi connectivity index (χ0n) is 3.48. The zero-order valence-corrected chi connectivity index (χ0v) is 4.29. The van der Waals surface area contributed by atoms with Crippen LogP contribution in [0.4, 0.5) is 0 Å². The minimum absolute atomic E-state index is 1.04. The molecule has 0 spiro atoms. The average Bonchev–Trinajstić information content (AvgIpc) is 1.86. The van der Waals surface area contributed by atoms with Gasteiger partial charge in [0.2, 0.25) is 0 Å². The monoisotopic (exact) mass is 96.0 g/mol. The summed E-state index contributed by atoms with van der Waals surface area (Å²) in [5.41, 5.74) is 1.04. The molecule has 2 radical (unpaired) electrons. The minimum atomic E-state index is 1.04. The smallest absolute Gasteiger partial charge is 0.108 e. The first-order chi connectivity index (χ1) is 2.89. The maximum absolute atomic E-state index is 5.38. The van der Waals surface area contributed by atoms with Gasteiger partial charge in [-0.2, -0.15) is 0 Å². The number of rotatable bonds is 0. The third kappa shape index (κ3) is 0.808. The van der Waals surface area contributed by atoms with E-state index >= 15 is 0 Å². The molecule has 0 saturated carbocycles. The summed E-state index contributed by atoms with van der Waals surface area (Å²) >= 11 is 1.80. The van der Waals surface area contributed by atoms with Crippen LogP contribution in [0.2, 0.25) is 0 Å². The molecule has 1 rings (SSSR count). The molecule has 0 nitrogen and oxygen atoms in total. The van der Waals surface area contributed by atoms with Gasteiger partial charge in [0.25, 0.3) is 0 Å². The molecule has 0 aromatic carbocycles. The minimum Gasteiger partial charge on any atom is -0.135 e. The SMILES string of the molecule is [B]C1=CSCC1. The van der Waals surface area contributed by atoms with E-state index in [1.165, 1.54) is 5.75 Å². The Balaban J connectivity index is 2.45. The van der Waals surface area contributed by atoms with Crippen LogP contribution in [0, 0.1) is 0 Å². The lowest BCUT2D eigenvalue weighted by Crippen LogP contribution is -1.72. The highest BCUT2D eigenvalue weighted by Crippen LogP contribution is 2.17. The standard InChI is InChI=1S/C4H5BS/c5-4-1-2-6-3-4/h3H,1-2H2. The van der Waals surface area contributed by atoms with Crippen LogP contribution >= 0.6 is 11.8 Å². The Bertz CT molecular complexity index is 77.6. The molecule has 0 N–H and O–H groups in total. The van der Waals surface area contributed by atoms with Gasteiger partial charge in [-0.25, -0.2) is 0 Å². The molecular weight excluding hydrogens is 90.9 g/mol. The second-order valence-corrected chi connectivity index (χ2v) is 2.29. The van der Waals surface area contributed by atoms with Crippen LogP contribution in [0.5, 0.6) is 0 Å². The Labute approximate surface area is 43.4 Å². The van der Waals surface area contributed by atoms with Crippen LogP contribution in [-0.4, -0.2) is 13.6 Å². The van der Waals surface area contributed by atoms with Crippen LogP contribution in [-0.2, 0) is 0 Å². The molecule has 1 aliphatic rings. The lowest BCUT2D eigenvalue weighted by Gasteiger charge is -1.78. The van der Waals surface area contributed by atoms with Crippen LogP contribution in [0.25, 0.3) is 0 Å². The van der Waals surface area contributed by atoms with Gasteiger partial charge >= 0.3 is 0 Å². The first-order valence-corrected chi connectivity index (χ1v) is 3.00. The Morgan fingerprint density at radius 3 is 2.83 bits per heavy atom. The molecule has 6 heavy (non-hydrogen) atoms. The summed E-state index contributed by atoms with van der Waals surface area (Å²) in [6.07, 6.45) is 1.09. The summed E-state index contributed by atoms with van der Waals surface area (Å²) in [5.74, 6) is 1.19. The first kappa shape index (κ1) is 4.32. The summed E-state index contributed by atoms with van der Waals surface area (Å²) in [4.78, 5) is 0. The summed E-state index contributed by atoms with van der Waals surface area (Å²) in [7, 11) is 5.38. The van der Waals surface area contributed by atoms with Gasteiger partial charge in [-0.1, -0.05) is 0 Å². The molecule has 1 heterocycles. The molecule has 0 amide bonds. The van der Waals surface area contributed by atoms with Crippen LogP contribution in [0.1, 0.15) is 6.42 Å². The van der Waals surface area contributed by atoms with E-state index in [0.717, 1.165) is 11.9 Å². The van der Waals surface area contributed by atoms with Crippen LogP contribution in [0.3, 0.4) is 0 Å². The van der Waals surface area contributed by atoms with Crippen molar-refractivity contribution in [2.75, 3.05) is 5.75 Å². The van der Waals surface area contributed by atoms with E-state index < -0.39 is 0 Å². The lowest BCUT2D eigenvalue weighted by atomic mass is 9.96. The number of hydrogen-bond acceptors (Lipinski definition) is 1. The molecule has 0 unspecified atom stereocenters. The quantitative estimate of drug-likeness (QED) is 0.407. The molecule has 0 saturated heterocycles. The van der Waals surface area contributed by atoms with Gasteiger partial charge in [-0.3, -0.25) is 0 Å². The van der Waals surface area contributed by atoms with Crippen molar-refractivity contribution in [1.29, 1.82) is 0 Å². The molecular formula is C4H5BS. The maximum Gasteiger partial charge on any atom is 0.108 e. The molecule has 1 aliphatic heterocycles. The fourth-order valence-electron chi connectivity index (χ4n) is 0.402. The van der Waals surface area contributed by atoms with Crippen molar-refractivity contribution in [3.63, 3.8) is 0 Å². The van der Waals surface area contributed by atoms with E-state index in [0.29, 0.717) is 0 Å². The normalized spacial score (nSPS) is 21.0. The molecule has 0 aromatic heterocycles. The highest BCUT2D eigenvalue weighted by molar-refractivity contribution is 8.02. The van der Waals surface area contributed by atoms with E-state index in [9.17, 15) is 0 Å².